The molecule has 0 spiro atoms. The minimum Gasteiger partial charge on any atom is -0.491 e. The van der Waals surface area contributed by atoms with Crippen LogP contribution in [0.5, 0.6) is 5.75 Å². The number of halogens is 3. The summed E-state index contributed by atoms with van der Waals surface area (Å²) in [6.07, 6.45) is -0.962. The fourth-order valence-corrected chi connectivity index (χ4v) is 1.49. The topological polar surface area (TPSA) is 79.8 Å². The second-order valence-electron chi connectivity index (χ2n) is 4.51. The molecule has 1 amide bonds. The molecule has 1 unspecified atom stereocenters. The third kappa shape index (κ3) is 9.29. The summed E-state index contributed by atoms with van der Waals surface area (Å²) in [5.41, 5.74) is 0. The van der Waals surface area contributed by atoms with Crippen molar-refractivity contribution in [3.8, 4) is 5.75 Å². The van der Waals surface area contributed by atoms with Crippen LogP contribution in [0, 0.1) is 11.6 Å². The van der Waals surface area contributed by atoms with E-state index in [9.17, 15) is 18.7 Å². The first-order valence-corrected chi connectivity index (χ1v) is 6.75. The fourth-order valence-electron chi connectivity index (χ4n) is 1.49. The lowest BCUT2D eigenvalue weighted by Gasteiger charge is -2.13. The molecule has 0 saturated carbocycles. The Bertz CT molecular complexity index is 480. The maximum Gasteiger partial charge on any atom is 0.234 e. The summed E-state index contributed by atoms with van der Waals surface area (Å²) in [6.45, 7) is 1.00. The van der Waals surface area contributed by atoms with Gasteiger partial charge in [-0.1, -0.05) is 0 Å². The van der Waals surface area contributed by atoms with Gasteiger partial charge >= 0.3 is 0 Å². The molecule has 0 radical (unpaired) electrons. The van der Waals surface area contributed by atoms with Crippen molar-refractivity contribution in [1.82, 2.24) is 10.6 Å². The molecule has 0 aliphatic heterocycles. The molecule has 1 aromatic rings. The lowest BCUT2D eigenvalue weighted by atomic mass is 10.3. The number of aliphatic hydroxyl groups excluding tert-OH is 1. The molecular weight excluding hydrogens is 334 g/mol. The SMILES string of the molecule is COCCNCC(=O)NCC(O)COc1ccc(F)c(F)c1.Cl. The van der Waals surface area contributed by atoms with Crippen LogP contribution in [-0.2, 0) is 9.53 Å². The number of hydrogen-bond acceptors (Lipinski definition) is 5. The summed E-state index contributed by atoms with van der Waals surface area (Å²) in [6, 6.07) is 3.08. The predicted octanol–water partition coefficient (Wildman–Crippen LogP) is 0.479. The molecule has 0 saturated heterocycles. The van der Waals surface area contributed by atoms with Crippen LogP contribution in [0.1, 0.15) is 0 Å². The van der Waals surface area contributed by atoms with Gasteiger partial charge in [-0.05, 0) is 12.1 Å². The van der Waals surface area contributed by atoms with Crippen LogP contribution in [0.15, 0.2) is 18.2 Å². The Morgan fingerprint density at radius 3 is 2.74 bits per heavy atom. The number of amides is 1. The van der Waals surface area contributed by atoms with Crippen LogP contribution in [0.4, 0.5) is 8.78 Å². The van der Waals surface area contributed by atoms with Crippen molar-refractivity contribution in [3.63, 3.8) is 0 Å². The maximum absolute atomic E-state index is 12.9. The van der Waals surface area contributed by atoms with Crippen LogP contribution in [0.2, 0.25) is 0 Å². The molecule has 0 heterocycles. The molecule has 1 aromatic carbocycles. The Hall–Kier alpha value is -1.48. The molecule has 0 bridgehead atoms. The van der Waals surface area contributed by atoms with E-state index >= 15 is 0 Å². The van der Waals surface area contributed by atoms with E-state index in [0.29, 0.717) is 13.2 Å². The van der Waals surface area contributed by atoms with Gasteiger partial charge in [-0.2, -0.15) is 0 Å². The summed E-state index contributed by atoms with van der Waals surface area (Å²) in [4.78, 5) is 11.4. The van der Waals surface area contributed by atoms with Gasteiger partial charge in [0.25, 0.3) is 0 Å². The van der Waals surface area contributed by atoms with E-state index in [2.05, 4.69) is 10.6 Å². The fraction of sp³-hybridized carbons (Fsp3) is 0.500. The second-order valence-corrected chi connectivity index (χ2v) is 4.51. The summed E-state index contributed by atoms with van der Waals surface area (Å²) >= 11 is 0. The minimum absolute atomic E-state index is 0. The minimum atomic E-state index is -1.03. The number of carbonyl (C=O) groups excluding carboxylic acids is 1. The predicted molar refractivity (Wildman–Crippen MR) is 82.9 cm³/mol. The third-order valence-corrected chi connectivity index (χ3v) is 2.64. The van der Waals surface area contributed by atoms with Crippen LogP contribution >= 0.6 is 12.4 Å². The van der Waals surface area contributed by atoms with Crippen molar-refractivity contribution in [1.29, 1.82) is 0 Å². The van der Waals surface area contributed by atoms with Gasteiger partial charge in [0.2, 0.25) is 5.91 Å². The largest absolute Gasteiger partial charge is 0.491 e. The average molecular weight is 355 g/mol. The van der Waals surface area contributed by atoms with E-state index < -0.39 is 17.7 Å². The van der Waals surface area contributed by atoms with Gasteiger partial charge in [-0.15, -0.1) is 12.4 Å². The molecule has 1 rings (SSSR count). The first-order valence-electron chi connectivity index (χ1n) is 6.75. The van der Waals surface area contributed by atoms with E-state index in [1.165, 1.54) is 6.07 Å². The molecule has 23 heavy (non-hydrogen) atoms. The number of rotatable bonds is 10. The number of aliphatic hydroxyl groups is 1. The van der Waals surface area contributed by atoms with Crippen LogP contribution in [0.3, 0.4) is 0 Å². The number of nitrogens with one attached hydrogen (secondary N) is 2. The van der Waals surface area contributed by atoms with Crippen molar-refractivity contribution in [2.75, 3.05) is 40.0 Å². The number of hydrogen-bond donors (Lipinski definition) is 3. The molecule has 132 valence electrons. The van der Waals surface area contributed by atoms with Gasteiger partial charge in [0, 0.05) is 26.3 Å². The third-order valence-electron chi connectivity index (χ3n) is 2.64. The standard InChI is InChI=1S/C14H20F2N2O4.ClH/c1-21-5-4-17-8-14(20)18-7-10(19)9-22-11-2-3-12(15)13(16)6-11;/h2-3,6,10,17,19H,4-5,7-9H2,1H3,(H,18,20);1H. The van der Waals surface area contributed by atoms with Crippen molar-refractivity contribution < 1.29 is 28.2 Å². The van der Waals surface area contributed by atoms with Crippen molar-refractivity contribution in [2.45, 2.75) is 6.10 Å². The van der Waals surface area contributed by atoms with E-state index in [4.69, 9.17) is 9.47 Å². The summed E-state index contributed by atoms with van der Waals surface area (Å²) < 4.78 is 35.6. The Morgan fingerprint density at radius 1 is 1.35 bits per heavy atom. The molecule has 0 aliphatic carbocycles. The highest BCUT2D eigenvalue weighted by Crippen LogP contribution is 2.15. The zero-order valence-electron chi connectivity index (χ0n) is 12.7. The zero-order valence-corrected chi connectivity index (χ0v) is 13.5. The van der Waals surface area contributed by atoms with Gasteiger partial charge in [0.1, 0.15) is 18.5 Å². The molecule has 1 atom stereocenters. The average Bonchev–Trinajstić information content (AvgIpc) is 2.50. The first-order chi connectivity index (χ1) is 10.5. The Labute approximate surface area is 139 Å². The van der Waals surface area contributed by atoms with Gasteiger partial charge in [0.05, 0.1) is 13.2 Å². The summed E-state index contributed by atoms with van der Waals surface area (Å²) in [7, 11) is 1.56. The smallest absolute Gasteiger partial charge is 0.234 e. The summed E-state index contributed by atoms with van der Waals surface area (Å²) in [5, 5.41) is 15.0. The van der Waals surface area contributed by atoms with E-state index in [1.54, 1.807) is 7.11 Å². The zero-order chi connectivity index (χ0) is 16.4. The molecular formula is C14H21ClF2N2O4. The second kappa shape index (κ2) is 12.0. The van der Waals surface area contributed by atoms with Crippen LogP contribution < -0.4 is 15.4 Å². The number of benzene rings is 1. The summed E-state index contributed by atoms with van der Waals surface area (Å²) in [5.74, 6) is -2.17. The Morgan fingerprint density at radius 2 is 2.09 bits per heavy atom. The molecule has 0 aromatic heterocycles. The molecule has 9 heteroatoms. The Balaban J connectivity index is 0.00000484. The highest BCUT2D eigenvalue weighted by Gasteiger charge is 2.09. The highest BCUT2D eigenvalue weighted by molar-refractivity contribution is 5.85. The molecule has 0 aliphatic rings. The normalized spacial score (nSPS) is 11.5. The van der Waals surface area contributed by atoms with E-state index in [1.807, 2.05) is 0 Å². The van der Waals surface area contributed by atoms with Crippen molar-refractivity contribution >= 4 is 18.3 Å². The first kappa shape index (κ1) is 21.5. The lowest BCUT2D eigenvalue weighted by Crippen LogP contribution is -2.40. The monoisotopic (exact) mass is 354 g/mol. The van der Waals surface area contributed by atoms with Crippen molar-refractivity contribution in [3.05, 3.63) is 29.8 Å². The lowest BCUT2D eigenvalue weighted by molar-refractivity contribution is -0.120. The highest BCUT2D eigenvalue weighted by atomic mass is 35.5. The molecule has 6 nitrogen and oxygen atoms in total. The van der Waals surface area contributed by atoms with Crippen molar-refractivity contribution in [2.24, 2.45) is 0 Å². The number of ether oxygens (including phenoxy) is 2. The van der Waals surface area contributed by atoms with Crippen LogP contribution in [0.25, 0.3) is 0 Å². The molecule has 0 fully saturated rings. The van der Waals surface area contributed by atoms with Gasteiger partial charge in [0.15, 0.2) is 11.6 Å². The molecule has 3 N–H and O–H groups in total. The van der Waals surface area contributed by atoms with Gasteiger partial charge in [-0.3, -0.25) is 4.79 Å². The van der Waals surface area contributed by atoms with Crippen LogP contribution in [-0.4, -0.2) is 57.1 Å². The quantitative estimate of drug-likeness (QED) is 0.533. The number of carbonyl (C=O) groups is 1. The van der Waals surface area contributed by atoms with Gasteiger partial charge < -0.3 is 25.2 Å². The maximum atomic E-state index is 12.9. The number of methoxy groups -OCH3 is 1. The van der Waals surface area contributed by atoms with E-state index in [0.717, 1.165) is 12.1 Å². The Kier molecular flexibility index (Phi) is 11.2. The van der Waals surface area contributed by atoms with Gasteiger partial charge in [-0.25, -0.2) is 8.78 Å². The van der Waals surface area contributed by atoms with E-state index in [-0.39, 0.29) is 43.8 Å².